The van der Waals surface area contributed by atoms with Gasteiger partial charge in [0, 0.05) is 19.7 Å². The van der Waals surface area contributed by atoms with Crippen LogP contribution in [0.3, 0.4) is 0 Å². The van der Waals surface area contributed by atoms with Crippen LogP contribution in [0.4, 0.5) is 5.69 Å². The Labute approximate surface area is 92.6 Å². The molecule has 0 aliphatic heterocycles. The molecule has 2 rings (SSSR count). The largest absolute Gasteiger partial charge is 0.369 e. The average molecular weight is 220 g/mol. The van der Waals surface area contributed by atoms with E-state index < -0.39 is 0 Å². The number of hydrogen-bond acceptors (Lipinski definition) is 4. The minimum absolute atomic E-state index is 0.946. The first-order valence-electron chi connectivity index (χ1n) is 4.61. The van der Waals surface area contributed by atoms with E-state index >= 15 is 0 Å². The van der Waals surface area contributed by atoms with Gasteiger partial charge in [-0.1, -0.05) is 0 Å². The van der Waals surface area contributed by atoms with Gasteiger partial charge in [-0.3, -0.25) is 0 Å². The van der Waals surface area contributed by atoms with Crippen molar-refractivity contribution >= 4 is 34.8 Å². The normalized spacial score (nSPS) is 11.4. The van der Waals surface area contributed by atoms with Crippen LogP contribution in [0.5, 0.6) is 0 Å². The number of hydrogen-bond donors (Lipinski definition) is 0. The van der Waals surface area contributed by atoms with Gasteiger partial charge in [0.05, 0.1) is 23.8 Å². The van der Waals surface area contributed by atoms with Gasteiger partial charge in [0.15, 0.2) is 0 Å². The summed E-state index contributed by atoms with van der Waals surface area (Å²) in [6, 6.07) is 3.92. The first-order valence-corrected chi connectivity index (χ1v) is 5.34. The van der Waals surface area contributed by atoms with Gasteiger partial charge in [-0.2, -0.15) is 8.75 Å². The van der Waals surface area contributed by atoms with Crippen molar-refractivity contribution in [2.24, 2.45) is 4.99 Å². The van der Waals surface area contributed by atoms with E-state index in [9.17, 15) is 0 Å². The Balaban J connectivity index is 2.48. The molecule has 0 aliphatic rings. The van der Waals surface area contributed by atoms with Crippen LogP contribution in [0.2, 0.25) is 0 Å². The third-order valence-electron chi connectivity index (χ3n) is 2.08. The second-order valence-electron chi connectivity index (χ2n) is 3.55. The summed E-state index contributed by atoms with van der Waals surface area (Å²) in [7, 11) is 3.89. The predicted molar refractivity (Wildman–Crippen MR) is 64.0 cm³/mol. The van der Waals surface area contributed by atoms with E-state index in [1.165, 1.54) is 11.7 Å². The van der Waals surface area contributed by atoms with E-state index in [0.29, 0.717) is 0 Å². The highest BCUT2D eigenvalue weighted by Gasteiger charge is 2.05. The van der Waals surface area contributed by atoms with Crippen molar-refractivity contribution in [1.82, 2.24) is 13.6 Å². The summed E-state index contributed by atoms with van der Waals surface area (Å²) in [6.45, 7) is 2.02. The molecule has 0 saturated heterocycles. The highest BCUT2D eigenvalue weighted by atomic mass is 32.1. The van der Waals surface area contributed by atoms with E-state index in [-0.39, 0.29) is 0 Å². The zero-order valence-electron chi connectivity index (χ0n) is 8.93. The van der Waals surface area contributed by atoms with Crippen molar-refractivity contribution in [2.45, 2.75) is 6.92 Å². The summed E-state index contributed by atoms with van der Waals surface area (Å²) < 4.78 is 8.43. The Morgan fingerprint density at radius 2 is 2.13 bits per heavy atom. The van der Waals surface area contributed by atoms with Crippen molar-refractivity contribution < 1.29 is 0 Å². The molecule has 0 unspecified atom stereocenters. The minimum atomic E-state index is 0.946. The zero-order chi connectivity index (χ0) is 10.8. The highest BCUT2D eigenvalue weighted by molar-refractivity contribution is 7.00. The van der Waals surface area contributed by atoms with Crippen molar-refractivity contribution in [3.63, 3.8) is 0 Å². The molecular formula is C10H12N4S. The molecule has 1 aromatic heterocycles. The number of aromatic nitrogens is 2. The molecule has 0 saturated carbocycles. The number of benzene rings is 1. The fourth-order valence-electron chi connectivity index (χ4n) is 1.29. The van der Waals surface area contributed by atoms with Crippen molar-refractivity contribution in [1.29, 1.82) is 0 Å². The van der Waals surface area contributed by atoms with Crippen molar-refractivity contribution in [3.05, 3.63) is 17.7 Å². The maximum atomic E-state index is 4.37. The molecule has 0 N–H and O–H groups in total. The first-order chi connectivity index (χ1) is 7.18. The smallest absolute Gasteiger partial charge is 0.109 e. The second-order valence-corrected chi connectivity index (χ2v) is 4.08. The third-order valence-corrected chi connectivity index (χ3v) is 2.62. The quantitative estimate of drug-likeness (QED) is 0.575. The first kappa shape index (κ1) is 10.0. The molecule has 15 heavy (non-hydrogen) atoms. The van der Waals surface area contributed by atoms with E-state index in [1.807, 2.05) is 38.1 Å². The Hall–Kier alpha value is -1.49. The van der Waals surface area contributed by atoms with Gasteiger partial charge < -0.3 is 4.90 Å². The number of aryl methyl sites for hydroxylation is 1. The van der Waals surface area contributed by atoms with Gasteiger partial charge in [-0.25, -0.2) is 4.99 Å². The van der Waals surface area contributed by atoms with Crippen molar-refractivity contribution in [3.8, 4) is 0 Å². The lowest BCUT2D eigenvalue weighted by Gasteiger charge is -2.04. The van der Waals surface area contributed by atoms with Gasteiger partial charge in [0.25, 0.3) is 0 Å². The van der Waals surface area contributed by atoms with Gasteiger partial charge in [-0.15, -0.1) is 0 Å². The summed E-state index contributed by atoms with van der Waals surface area (Å²) in [6.07, 6.45) is 1.79. The number of nitrogens with zero attached hydrogens (tertiary/aromatic N) is 4. The van der Waals surface area contributed by atoms with Crippen LogP contribution in [0.1, 0.15) is 5.56 Å². The molecule has 0 spiro atoms. The Kier molecular flexibility index (Phi) is 2.64. The van der Waals surface area contributed by atoms with Crippen LogP contribution in [0.15, 0.2) is 17.1 Å². The predicted octanol–water partition coefficient (Wildman–Crippen LogP) is 2.22. The molecular weight excluding hydrogens is 208 g/mol. The maximum absolute atomic E-state index is 4.37. The fourth-order valence-corrected chi connectivity index (χ4v) is 1.88. The molecule has 0 amide bonds. The average Bonchev–Trinajstić information content (AvgIpc) is 2.65. The molecule has 2 aromatic rings. The van der Waals surface area contributed by atoms with Gasteiger partial charge >= 0.3 is 0 Å². The standard InChI is InChI=1S/C10H12N4S/c1-7-8(11-6-14(2)3)4-5-9-10(7)13-15-12-9/h4-6H,1-3H3. The van der Waals surface area contributed by atoms with Crippen LogP contribution >= 0.6 is 11.7 Å². The molecule has 78 valence electrons. The Morgan fingerprint density at radius 3 is 2.87 bits per heavy atom. The molecule has 0 bridgehead atoms. The summed E-state index contributed by atoms with van der Waals surface area (Å²) >= 11 is 1.24. The van der Waals surface area contributed by atoms with E-state index in [0.717, 1.165) is 22.3 Å². The lowest BCUT2D eigenvalue weighted by atomic mass is 10.1. The third kappa shape index (κ3) is 1.97. The summed E-state index contributed by atoms with van der Waals surface area (Å²) in [5.41, 5.74) is 3.93. The zero-order valence-corrected chi connectivity index (χ0v) is 9.75. The van der Waals surface area contributed by atoms with Crippen molar-refractivity contribution in [2.75, 3.05) is 14.1 Å². The van der Waals surface area contributed by atoms with Gasteiger partial charge in [0.1, 0.15) is 11.0 Å². The fraction of sp³-hybridized carbons (Fsp3) is 0.300. The lowest BCUT2D eigenvalue weighted by molar-refractivity contribution is 0.643. The highest BCUT2D eigenvalue weighted by Crippen LogP contribution is 2.25. The topological polar surface area (TPSA) is 41.4 Å². The van der Waals surface area contributed by atoms with Gasteiger partial charge in [0.2, 0.25) is 0 Å². The van der Waals surface area contributed by atoms with Crippen LogP contribution in [-0.4, -0.2) is 34.1 Å². The van der Waals surface area contributed by atoms with E-state index in [1.54, 1.807) is 6.34 Å². The Bertz CT molecular complexity index is 501. The van der Waals surface area contributed by atoms with E-state index in [2.05, 4.69) is 13.7 Å². The summed E-state index contributed by atoms with van der Waals surface area (Å²) in [5, 5.41) is 0. The number of rotatable bonds is 2. The molecule has 1 aromatic carbocycles. The molecule has 4 nitrogen and oxygen atoms in total. The molecule has 0 aliphatic carbocycles. The van der Waals surface area contributed by atoms with Crippen LogP contribution in [0.25, 0.3) is 11.0 Å². The summed E-state index contributed by atoms with van der Waals surface area (Å²) in [5.74, 6) is 0. The molecule has 0 radical (unpaired) electrons. The molecule has 0 atom stereocenters. The monoisotopic (exact) mass is 220 g/mol. The second kappa shape index (κ2) is 3.94. The van der Waals surface area contributed by atoms with E-state index in [4.69, 9.17) is 0 Å². The number of aliphatic imine (C=N–C) groups is 1. The number of fused-ring (bicyclic) bond motifs is 1. The molecule has 5 heteroatoms. The van der Waals surface area contributed by atoms with Crippen LogP contribution < -0.4 is 0 Å². The van der Waals surface area contributed by atoms with Crippen LogP contribution in [-0.2, 0) is 0 Å². The summed E-state index contributed by atoms with van der Waals surface area (Å²) in [4.78, 5) is 6.28. The lowest BCUT2D eigenvalue weighted by Crippen LogP contribution is -2.07. The van der Waals surface area contributed by atoms with Crippen LogP contribution in [0, 0.1) is 6.92 Å². The minimum Gasteiger partial charge on any atom is -0.369 e. The Morgan fingerprint density at radius 1 is 1.33 bits per heavy atom. The maximum Gasteiger partial charge on any atom is 0.109 e. The molecule has 1 heterocycles. The molecule has 0 fully saturated rings. The van der Waals surface area contributed by atoms with Gasteiger partial charge in [-0.05, 0) is 19.1 Å². The SMILES string of the molecule is Cc1c(N=CN(C)C)ccc2nsnc12.